The number of para-hydroxylation sites is 1. The number of nitrogens with two attached hydrogens (primary N) is 1. The second-order valence-electron chi connectivity index (χ2n) is 4.01. The van der Waals surface area contributed by atoms with Gasteiger partial charge in [0.1, 0.15) is 5.75 Å². The fourth-order valence-electron chi connectivity index (χ4n) is 1.87. The third kappa shape index (κ3) is 3.58. The van der Waals surface area contributed by atoms with Crippen LogP contribution in [0.3, 0.4) is 0 Å². The molecular weight excluding hydrogens is 392 g/mol. The van der Waals surface area contributed by atoms with E-state index in [2.05, 4.69) is 49.4 Å². The molecule has 102 valence electrons. The molecule has 2 rings (SSSR count). The van der Waals surface area contributed by atoms with Gasteiger partial charge in [-0.25, -0.2) is 0 Å². The van der Waals surface area contributed by atoms with Crippen molar-refractivity contribution in [3.8, 4) is 5.75 Å². The van der Waals surface area contributed by atoms with Gasteiger partial charge >= 0.3 is 0 Å². The van der Waals surface area contributed by atoms with Gasteiger partial charge in [0.25, 0.3) is 0 Å². The van der Waals surface area contributed by atoms with Crippen molar-refractivity contribution in [2.75, 3.05) is 7.11 Å². The van der Waals surface area contributed by atoms with Crippen LogP contribution in [0.4, 0.5) is 0 Å². The van der Waals surface area contributed by atoms with Crippen LogP contribution in [0.5, 0.6) is 5.75 Å². The van der Waals surface area contributed by atoms with E-state index in [9.17, 15) is 0 Å². The highest BCUT2D eigenvalue weighted by Gasteiger charge is 2.16. The first-order chi connectivity index (χ1) is 9.15. The van der Waals surface area contributed by atoms with E-state index in [-0.39, 0.29) is 6.04 Å². The van der Waals surface area contributed by atoms with Gasteiger partial charge in [0.05, 0.1) is 16.9 Å². The molecule has 0 radical (unpaired) electrons. The molecule has 3 nitrogen and oxygen atoms in total. The van der Waals surface area contributed by atoms with Crippen LogP contribution < -0.4 is 16.0 Å². The lowest BCUT2D eigenvalue weighted by Crippen LogP contribution is -2.29. The minimum absolute atomic E-state index is 0.0592. The number of hydrazine groups is 1. The van der Waals surface area contributed by atoms with E-state index >= 15 is 0 Å². The van der Waals surface area contributed by atoms with E-state index in [4.69, 9.17) is 10.6 Å². The Balaban J connectivity index is 2.23. The summed E-state index contributed by atoms with van der Waals surface area (Å²) >= 11 is 8.67. The molecule has 0 aliphatic carbocycles. The van der Waals surface area contributed by atoms with Crippen molar-refractivity contribution < 1.29 is 4.74 Å². The van der Waals surface area contributed by atoms with Crippen LogP contribution in [0.2, 0.25) is 0 Å². The van der Waals surface area contributed by atoms with Gasteiger partial charge in [-0.15, -0.1) is 11.3 Å². The molecular formula is C13H14Br2N2OS. The Bertz CT molecular complexity index is 540. The fraction of sp³-hybridized carbons (Fsp3) is 0.231. The SMILES string of the molecule is COc1ccccc1CC(NN)c1cc(Br)c(Br)s1. The normalized spacial score (nSPS) is 12.4. The number of thiophene rings is 1. The zero-order chi connectivity index (χ0) is 13.8. The van der Waals surface area contributed by atoms with Crippen LogP contribution >= 0.6 is 43.2 Å². The van der Waals surface area contributed by atoms with Crippen molar-refractivity contribution in [2.24, 2.45) is 5.84 Å². The van der Waals surface area contributed by atoms with Gasteiger partial charge in [0.2, 0.25) is 0 Å². The lowest BCUT2D eigenvalue weighted by molar-refractivity contribution is 0.406. The Morgan fingerprint density at radius 2 is 2.11 bits per heavy atom. The average Bonchev–Trinajstić information content (AvgIpc) is 2.76. The standard InChI is InChI=1S/C13H14Br2N2OS/c1-18-11-5-3-2-4-8(11)6-10(17-16)12-7-9(14)13(15)19-12/h2-5,7,10,17H,6,16H2,1H3. The molecule has 0 amide bonds. The van der Waals surface area contributed by atoms with Crippen molar-refractivity contribution in [3.63, 3.8) is 0 Å². The Hall–Kier alpha value is -0.400. The number of nitrogens with one attached hydrogen (secondary N) is 1. The summed E-state index contributed by atoms with van der Waals surface area (Å²) in [5.74, 6) is 6.58. The molecule has 1 atom stereocenters. The largest absolute Gasteiger partial charge is 0.496 e. The molecule has 1 heterocycles. The summed E-state index contributed by atoms with van der Waals surface area (Å²) in [6.07, 6.45) is 0.778. The molecule has 0 spiro atoms. The van der Waals surface area contributed by atoms with Crippen molar-refractivity contribution >= 4 is 43.2 Å². The first-order valence-corrected chi connectivity index (χ1v) is 8.08. The number of benzene rings is 1. The van der Waals surface area contributed by atoms with Crippen LogP contribution in [-0.4, -0.2) is 7.11 Å². The minimum Gasteiger partial charge on any atom is -0.496 e. The van der Waals surface area contributed by atoms with E-state index in [1.54, 1.807) is 18.4 Å². The molecule has 1 aromatic heterocycles. The molecule has 0 aliphatic heterocycles. The summed E-state index contributed by atoms with van der Waals surface area (Å²) in [4.78, 5) is 1.17. The zero-order valence-electron chi connectivity index (χ0n) is 10.3. The number of ether oxygens (including phenoxy) is 1. The highest BCUT2D eigenvalue weighted by molar-refractivity contribution is 9.13. The molecule has 3 N–H and O–H groups in total. The Morgan fingerprint density at radius 3 is 2.68 bits per heavy atom. The number of rotatable bonds is 5. The predicted octanol–water partition coefficient (Wildman–Crippen LogP) is 4.03. The third-order valence-corrected chi connectivity index (χ3v) is 6.20. The predicted molar refractivity (Wildman–Crippen MR) is 86.5 cm³/mol. The summed E-state index contributed by atoms with van der Waals surface area (Å²) < 4.78 is 7.49. The maximum Gasteiger partial charge on any atom is 0.122 e. The van der Waals surface area contributed by atoms with Crippen molar-refractivity contribution in [1.82, 2.24) is 5.43 Å². The molecule has 0 aliphatic rings. The second kappa shape index (κ2) is 6.85. The Morgan fingerprint density at radius 1 is 1.37 bits per heavy atom. The number of halogens is 2. The second-order valence-corrected chi connectivity index (χ2v) is 7.26. The van der Waals surface area contributed by atoms with Gasteiger partial charge in [-0.05, 0) is 56.0 Å². The topological polar surface area (TPSA) is 47.3 Å². The van der Waals surface area contributed by atoms with Crippen LogP contribution in [0.25, 0.3) is 0 Å². The molecule has 1 unspecified atom stereocenters. The van der Waals surface area contributed by atoms with Gasteiger partial charge in [0, 0.05) is 9.35 Å². The minimum atomic E-state index is 0.0592. The maximum atomic E-state index is 5.69. The van der Waals surface area contributed by atoms with Crippen molar-refractivity contribution in [2.45, 2.75) is 12.5 Å². The molecule has 0 saturated heterocycles. The summed E-state index contributed by atoms with van der Waals surface area (Å²) in [5, 5.41) is 0. The summed E-state index contributed by atoms with van der Waals surface area (Å²) in [6, 6.07) is 10.1. The van der Waals surface area contributed by atoms with Crippen molar-refractivity contribution in [3.05, 3.63) is 49.0 Å². The molecule has 0 bridgehead atoms. The monoisotopic (exact) mass is 404 g/mol. The van der Waals surface area contributed by atoms with E-state index in [1.807, 2.05) is 18.2 Å². The highest BCUT2D eigenvalue weighted by Crippen LogP contribution is 2.36. The summed E-state index contributed by atoms with van der Waals surface area (Å²) in [6.45, 7) is 0. The Labute approximate surface area is 133 Å². The molecule has 6 heteroatoms. The molecule has 19 heavy (non-hydrogen) atoms. The zero-order valence-corrected chi connectivity index (χ0v) is 14.3. The van der Waals surface area contributed by atoms with Gasteiger partial charge < -0.3 is 4.74 Å². The number of hydrogen-bond donors (Lipinski definition) is 2. The van der Waals surface area contributed by atoms with Crippen LogP contribution in [0, 0.1) is 0 Å². The van der Waals surface area contributed by atoms with E-state index in [0.29, 0.717) is 0 Å². The lowest BCUT2D eigenvalue weighted by atomic mass is 10.0. The fourth-order valence-corrected chi connectivity index (χ4v) is 4.02. The smallest absolute Gasteiger partial charge is 0.122 e. The maximum absolute atomic E-state index is 5.69. The van der Waals surface area contributed by atoms with Gasteiger partial charge in [0.15, 0.2) is 0 Å². The Kier molecular flexibility index (Phi) is 5.41. The van der Waals surface area contributed by atoms with Crippen molar-refractivity contribution in [1.29, 1.82) is 0 Å². The molecule has 1 aromatic carbocycles. The quantitative estimate of drug-likeness (QED) is 0.583. The van der Waals surface area contributed by atoms with E-state index < -0.39 is 0 Å². The number of methoxy groups -OCH3 is 1. The van der Waals surface area contributed by atoms with E-state index in [1.165, 1.54) is 4.88 Å². The third-order valence-electron chi connectivity index (χ3n) is 2.83. The molecule has 0 fully saturated rings. The highest BCUT2D eigenvalue weighted by atomic mass is 79.9. The van der Waals surface area contributed by atoms with Gasteiger partial charge in [-0.2, -0.15) is 0 Å². The van der Waals surface area contributed by atoms with Crippen LogP contribution in [0.15, 0.2) is 38.6 Å². The van der Waals surface area contributed by atoms with Gasteiger partial charge in [-0.3, -0.25) is 11.3 Å². The van der Waals surface area contributed by atoms with Crippen LogP contribution in [-0.2, 0) is 6.42 Å². The lowest BCUT2D eigenvalue weighted by Gasteiger charge is -2.16. The molecule has 0 saturated carbocycles. The van der Waals surface area contributed by atoms with Crippen LogP contribution in [0.1, 0.15) is 16.5 Å². The first kappa shape index (κ1) is 15.0. The summed E-state index contributed by atoms with van der Waals surface area (Å²) in [7, 11) is 1.68. The first-order valence-electron chi connectivity index (χ1n) is 5.68. The molecule has 2 aromatic rings. The summed E-state index contributed by atoms with van der Waals surface area (Å²) in [5.41, 5.74) is 4.00. The number of hydrogen-bond acceptors (Lipinski definition) is 4. The van der Waals surface area contributed by atoms with Gasteiger partial charge in [-0.1, -0.05) is 18.2 Å². The van der Waals surface area contributed by atoms with E-state index in [0.717, 1.165) is 26.0 Å². The average molecular weight is 406 g/mol.